The number of hydrogen-bond donors (Lipinski definition) is 2. The second-order valence-corrected chi connectivity index (χ2v) is 4.07. The molecule has 94 valence electrons. The van der Waals surface area contributed by atoms with Gasteiger partial charge in [0.05, 0.1) is 0 Å². The molecule has 17 heavy (non-hydrogen) atoms. The maximum Gasteiger partial charge on any atom is 0.415 e. The van der Waals surface area contributed by atoms with Crippen LogP contribution in [0.5, 0.6) is 0 Å². The van der Waals surface area contributed by atoms with E-state index in [2.05, 4.69) is 6.58 Å². The number of likely N-dealkylation sites (tertiary alicyclic amines) is 1. The topological polar surface area (TPSA) is 94.9 Å². The molecule has 0 spiro atoms. The number of imide groups is 1. The molecule has 2 amide bonds. The lowest BCUT2D eigenvalue weighted by atomic mass is 9.88. The van der Waals surface area contributed by atoms with E-state index in [9.17, 15) is 19.5 Å². The fraction of sp³-hybridized carbons (Fsp3) is 0.545. The second-order valence-electron chi connectivity index (χ2n) is 4.07. The van der Waals surface area contributed by atoms with Gasteiger partial charge in [0.2, 0.25) is 5.91 Å². The van der Waals surface area contributed by atoms with Crippen LogP contribution in [0.15, 0.2) is 12.7 Å². The van der Waals surface area contributed by atoms with Crippen LogP contribution in [0.3, 0.4) is 0 Å². The molecule has 1 fully saturated rings. The van der Waals surface area contributed by atoms with Crippen LogP contribution in [0.4, 0.5) is 4.79 Å². The van der Waals surface area contributed by atoms with Crippen molar-refractivity contribution in [2.75, 3.05) is 0 Å². The molecule has 2 atom stereocenters. The van der Waals surface area contributed by atoms with Crippen LogP contribution in [0, 0.1) is 5.92 Å². The summed E-state index contributed by atoms with van der Waals surface area (Å²) in [5.74, 6) is -2.54. The van der Waals surface area contributed by atoms with Gasteiger partial charge in [-0.15, -0.1) is 6.58 Å². The van der Waals surface area contributed by atoms with Gasteiger partial charge in [-0.25, -0.2) is 14.5 Å². The van der Waals surface area contributed by atoms with E-state index in [1.165, 1.54) is 6.08 Å². The van der Waals surface area contributed by atoms with Gasteiger partial charge in [-0.1, -0.05) is 13.0 Å². The molecule has 0 bridgehead atoms. The minimum atomic E-state index is -1.63. The van der Waals surface area contributed by atoms with Crippen molar-refractivity contribution in [3.05, 3.63) is 12.7 Å². The zero-order valence-corrected chi connectivity index (χ0v) is 9.55. The Morgan fingerprint density at radius 2 is 2.18 bits per heavy atom. The molecule has 1 saturated heterocycles. The maximum absolute atomic E-state index is 11.8. The number of rotatable bonds is 4. The summed E-state index contributed by atoms with van der Waals surface area (Å²) in [5, 5.41) is 18.2. The van der Waals surface area contributed by atoms with Gasteiger partial charge in [0.15, 0.2) is 5.54 Å². The van der Waals surface area contributed by atoms with E-state index in [-0.39, 0.29) is 19.3 Å². The van der Waals surface area contributed by atoms with Gasteiger partial charge < -0.3 is 10.2 Å². The first-order valence-electron chi connectivity index (χ1n) is 5.32. The number of carboxylic acid groups (broad SMARTS) is 2. The molecule has 1 heterocycles. The average Bonchev–Trinajstić information content (AvgIpc) is 2.53. The minimum Gasteiger partial charge on any atom is -0.479 e. The van der Waals surface area contributed by atoms with Crippen molar-refractivity contribution in [3.8, 4) is 0 Å². The van der Waals surface area contributed by atoms with E-state index in [0.717, 1.165) is 0 Å². The first kappa shape index (κ1) is 13.2. The summed E-state index contributed by atoms with van der Waals surface area (Å²) in [6.07, 6.45) is 0.350. The monoisotopic (exact) mass is 241 g/mol. The molecule has 1 rings (SSSR count). The van der Waals surface area contributed by atoms with Gasteiger partial charge in [-0.3, -0.25) is 4.79 Å². The van der Waals surface area contributed by atoms with E-state index in [0.29, 0.717) is 4.90 Å². The smallest absolute Gasteiger partial charge is 0.415 e. The summed E-state index contributed by atoms with van der Waals surface area (Å²) in [5.41, 5.74) is -1.63. The fourth-order valence-corrected chi connectivity index (χ4v) is 2.28. The number of aliphatic carboxylic acids is 1. The van der Waals surface area contributed by atoms with Gasteiger partial charge in [0.1, 0.15) is 0 Å². The Morgan fingerprint density at radius 3 is 2.47 bits per heavy atom. The minimum absolute atomic E-state index is 0.00991. The van der Waals surface area contributed by atoms with Gasteiger partial charge in [0.25, 0.3) is 0 Å². The molecule has 2 unspecified atom stereocenters. The summed E-state index contributed by atoms with van der Waals surface area (Å²) >= 11 is 0. The van der Waals surface area contributed by atoms with Crippen molar-refractivity contribution in [3.63, 3.8) is 0 Å². The molecule has 2 N–H and O–H groups in total. The highest BCUT2D eigenvalue weighted by Crippen LogP contribution is 2.38. The van der Waals surface area contributed by atoms with E-state index in [1.807, 2.05) is 0 Å². The van der Waals surface area contributed by atoms with E-state index < -0.39 is 29.4 Å². The SMILES string of the molecule is C=CCC1CC(CC)(C(=O)O)N(C(=O)O)C1=O. The van der Waals surface area contributed by atoms with Crippen LogP contribution in [0.25, 0.3) is 0 Å². The number of allylic oxidation sites excluding steroid dienone is 1. The van der Waals surface area contributed by atoms with E-state index in [4.69, 9.17) is 5.11 Å². The second kappa shape index (κ2) is 4.57. The Kier molecular flexibility index (Phi) is 3.55. The van der Waals surface area contributed by atoms with Crippen LogP contribution in [-0.2, 0) is 9.59 Å². The largest absolute Gasteiger partial charge is 0.479 e. The number of carbonyl (C=O) groups excluding carboxylic acids is 1. The highest BCUT2D eigenvalue weighted by Gasteiger charge is 2.57. The molecule has 1 aliphatic heterocycles. The fourth-order valence-electron chi connectivity index (χ4n) is 2.28. The molecule has 0 saturated carbocycles. The van der Waals surface area contributed by atoms with Crippen LogP contribution in [-0.4, -0.2) is 38.6 Å². The number of carbonyl (C=O) groups is 3. The highest BCUT2D eigenvalue weighted by atomic mass is 16.4. The Balaban J connectivity index is 3.20. The number of amides is 2. The predicted octanol–water partition coefficient (Wildman–Crippen LogP) is 1.32. The first-order valence-corrected chi connectivity index (χ1v) is 5.32. The third-order valence-electron chi connectivity index (χ3n) is 3.21. The zero-order valence-electron chi connectivity index (χ0n) is 9.55. The average molecular weight is 241 g/mol. The Labute approximate surface area is 98.5 Å². The van der Waals surface area contributed by atoms with Crippen LogP contribution in [0.2, 0.25) is 0 Å². The standard InChI is InChI=1S/C11H15NO5/c1-3-5-7-6-11(4-2,9(14)15)12(8(7)13)10(16)17/h3,7H,1,4-6H2,2H3,(H,14,15)(H,16,17). The molecule has 0 aromatic rings. The molecule has 0 radical (unpaired) electrons. The summed E-state index contributed by atoms with van der Waals surface area (Å²) < 4.78 is 0. The van der Waals surface area contributed by atoms with E-state index >= 15 is 0 Å². The van der Waals surface area contributed by atoms with E-state index in [1.54, 1.807) is 6.92 Å². The summed E-state index contributed by atoms with van der Waals surface area (Å²) in [4.78, 5) is 34.7. The molecule has 1 aliphatic rings. The molecular weight excluding hydrogens is 226 g/mol. The quantitative estimate of drug-likeness (QED) is 0.724. The molecule has 0 aliphatic carbocycles. The van der Waals surface area contributed by atoms with Crippen molar-refractivity contribution in [2.24, 2.45) is 5.92 Å². The van der Waals surface area contributed by atoms with Gasteiger partial charge in [-0.05, 0) is 19.3 Å². The maximum atomic E-state index is 11.8. The molecule has 0 aromatic heterocycles. The van der Waals surface area contributed by atoms with Crippen molar-refractivity contribution in [1.82, 2.24) is 4.90 Å². The molecular formula is C11H15NO5. The highest BCUT2D eigenvalue weighted by molar-refractivity contribution is 6.02. The van der Waals surface area contributed by atoms with Crippen LogP contribution < -0.4 is 0 Å². The Morgan fingerprint density at radius 1 is 1.59 bits per heavy atom. The van der Waals surface area contributed by atoms with Crippen molar-refractivity contribution < 1.29 is 24.6 Å². The lowest BCUT2D eigenvalue weighted by molar-refractivity contribution is -0.152. The summed E-state index contributed by atoms with van der Waals surface area (Å²) in [6.45, 7) is 5.04. The lowest BCUT2D eigenvalue weighted by Crippen LogP contribution is -2.53. The third-order valence-corrected chi connectivity index (χ3v) is 3.21. The van der Waals surface area contributed by atoms with Gasteiger partial charge in [-0.2, -0.15) is 0 Å². The van der Waals surface area contributed by atoms with Gasteiger partial charge >= 0.3 is 12.1 Å². The van der Waals surface area contributed by atoms with Crippen molar-refractivity contribution >= 4 is 18.0 Å². The number of hydrogen-bond acceptors (Lipinski definition) is 3. The lowest BCUT2D eigenvalue weighted by Gasteiger charge is -2.29. The first-order chi connectivity index (χ1) is 7.90. The zero-order chi connectivity index (χ0) is 13.2. The van der Waals surface area contributed by atoms with Crippen LogP contribution in [0.1, 0.15) is 26.2 Å². The van der Waals surface area contributed by atoms with Crippen molar-refractivity contribution in [2.45, 2.75) is 31.7 Å². The van der Waals surface area contributed by atoms with Crippen molar-refractivity contribution in [1.29, 1.82) is 0 Å². The Bertz CT molecular complexity index is 378. The third kappa shape index (κ3) is 1.90. The normalized spacial score (nSPS) is 28.2. The summed E-state index contributed by atoms with van der Waals surface area (Å²) in [6, 6.07) is 0. The van der Waals surface area contributed by atoms with Crippen LogP contribution >= 0.6 is 0 Å². The van der Waals surface area contributed by atoms with Gasteiger partial charge in [0, 0.05) is 5.92 Å². The molecule has 6 heteroatoms. The predicted molar refractivity (Wildman–Crippen MR) is 58.4 cm³/mol. The number of carboxylic acids is 1. The molecule has 0 aromatic carbocycles. The Hall–Kier alpha value is -1.85. The summed E-state index contributed by atoms with van der Waals surface area (Å²) in [7, 11) is 0. The number of nitrogens with zero attached hydrogens (tertiary/aromatic N) is 1. The molecule has 6 nitrogen and oxygen atoms in total.